The van der Waals surface area contributed by atoms with Crippen LogP contribution in [0.25, 0.3) is 11.3 Å². The Morgan fingerprint density at radius 2 is 1.71 bits per heavy atom. The van der Waals surface area contributed by atoms with Crippen molar-refractivity contribution in [2.24, 2.45) is 28.9 Å². The Morgan fingerprint density at radius 1 is 1.04 bits per heavy atom. The minimum absolute atomic E-state index is 0.115. The average Bonchev–Trinajstić information content (AvgIpc) is 3.15. The van der Waals surface area contributed by atoms with Crippen molar-refractivity contribution in [3.63, 3.8) is 0 Å². The number of rotatable bonds is 4. The van der Waals surface area contributed by atoms with Gasteiger partial charge in [0.05, 0.1) is 0 Å². The van der Waals surface area contributed by atoms with E-state index in [1.807, 2.05) is 37.3 Å². The normalized spacial score (nSPS) is 33.0. The zero-order valence-corrected chi connectivity index (χ0v) is 16.1. The molecule has 0 spiro atoms. The number of amides is 2. The summed E-state index contributed by atoms with van der Waals surface area (Å²) in [5.41, 5.74) is 7.57. The molecule has 4 saturated carbocycles. The Labute approximate surface area is 164 Å². The number of carbonyl (C=O) groups excluding carboxylic acids is 2. The summed E-state index contributed by atoms with van der Waals surface area (Å²) in [4.78, 5) is 24.9. The molecule has 28 heavy (non-hydrogen) atoms. The van der Waals surface area contributed by atoms with Gasteiger partial charge in [0.1, 0.15) is 5.76 Å². The fraction of sp³-hybridized carbons (Fsp3) is 0.478. The quantitative estimate of drug-likeness (QED) is 0.851. The molecule has 146 valence electrons. The molecular formula is C23H26N2O3. The van der Waals surface area contributed by atoms with Crippen LogP contribution < -0.4 is 11.1 Å². The highest BCUT2D eigenvalue weighted by Gasteiger charge is 2.58. The Hall–Kier alpha value is -2.56. The van der Waals surface area contributed by atoms with Crippen LogP contribution in [-0.2, 0) is 4.79 Å². The van der Waals surface area contributed by atoms with E-state index in [0.29, 0.717) is 29.3 Å². The minimum atomic E-state index is -0.332. The van der Waals surface area contributed by atoms with Crippen molar-refractivity contribution in [2.75, 3.05) is 0 Å². The standard InChI is InChI=1S/C23H26N2O3/c1-13-2-4-15(5-3-13)18-6-7-19(28-18)21(26)25-20-16-8-14-9-17(20)12-23(10-14,11-16)22(24)27/h2-7,14,16-17,20H,8-12H2,1H3,(H2,24,27)(H,25,26)/t14?,16?,17?,20-,23-. The summed E-state index contributed by atoms with van der Waals surface area (Å²) in [5.74, 6) is 1.99. The van der Waals surface area contributed by atoms with Crippen LogP contribution in [0.2, 0.25) is 0 Å². The van der Waals surface area contributed by atoms with E-state index in [2.05, 4.69) is 5.32 Å². The van der Waals surface area contributed by atoms with Gasteiger partial charge in [-0.2, -0.15) is 0 Å². The fourth-order valence-electron chi connectivity index (χ4n) is 6.12. The van der Waals surface area contributed by atoms with E-state index in [1.54, 1.807) is 6.07 Å². The van der Waals surface area contributed by atoms with Crippen molar-refractivity contribution in [1.29, 1.82) is 0 Å². The predicted molar refractivity (Wildman–Crippen MR) is 105 cm³/mol. The van der Waals surface area contributed by atoms with E-state index in [4.69, 9.17) is 10.2 Å². The van der Waals surface area contributed by atoms with E-state index in [9.17, 15) is 9.59 Å². The molecule has 5 heteroatoms. The van der Waals surface area contributed by atoms with Crippen LogP contribution in [0.3, 0.4) is 0 Å². The minimum Gasteiger partial charge on any atom is -0.451 e. The number of carbonyl (C=O) groups is 2. The molecule has 2 unspecified atom stereocenters. The molecule has 0 aliphatic heterocycles. The van der Waals surface area contributed by atoms with Crippen LogP contribution in [0.5, 0.6) is 0 Å². The van der Waals surface area contributed by atoms with Gasteiger partial charge in [0.2, 0.25) is 5.91 Å². The SMILES string of the molecule is Cc1ccc(-c2ccc(C(=O)N[C@H]3C4CC5CC3C[C@](C(N)=O)(C5)C4)o2)cc1. The predicted octanol–water partition coefficient (Wildman–Crippen LogP) is 3.67. The van der Waals surface area contributed by atoms with Gasteiger partial charge in [-0.3, -0.25) is 9.59 Å². The lowest BCUT2D eigenvalue weighted by Crippen LogP contribution is -2.62. The smallest absolute Gasteiger partial charge is 0.287 e. The second-order valence-electron chi connectivity index (χ2n) is 9.14. The molecule has 4 bridgehead atoms. The molecule has 2 aromatic rings. The molecule has 1 aromatic heterocycles. The third-order valence-electron chi connectivity index (χ3n) is 7.26. The maximum absolute atomic E-state index is 12.9. The van der Waals surface area contributed by atoms with Gasteiger partial charge in [0.15, 0.2) is 5.76 Å². The Bertz CT molecular complexity index is 914. The number of hydrogen-bond donors (Lipinski definition) is 2. The third kappa shape index (κ3) is 2.76. The molecule has 3 N–H and O–H groups in total. The van der Waals surface area contributed by atoms with Crippen LogP contribution in [0, 0.1) is 30.1 Å². The first-order valence-electron chi connectivity index (χ1n) is 10.2. The summed E-state index contributed by atoms with van der Waals surface area (Å²) < 4.78 is 5.84. The molecule has 5 nitrogen and oxygen atoms in total. The van der Waals surface area contributed by atoms with E-state index in [1.165, 1.54) is 5.56 Å². The second-order valence-corrected chi connectivity index (χ2v) is 9.14. The van der Waals surface area contributed by atoms with Crippen LogP contribution in [-0.4, -0.2) is 17.9 Å². The second kappa shape index (κ2) is 6.23. The fourth-order valence-corrected chi connectivity index (χ4v) is 6.12. The van der Waals surface area contributed by atoms with Gasteiger partial charge in [-0.15, -0.1) is 0 Å². The first-order chi connectivity index (χ1) is 13.4. The zero-order chi connectivity index (χ0) is 19.5. The lowest BCUT2D eigenvalue weighted by molar-refractivity contribution is -0.145. The maximum Gasteiger partial charge on any atom is 0.287 e. The van der Waals surface area contributed by atoms with Gasteiger partial charge in [0, 0.05) is 17.0 Å². The monoisotopic (exact) mass is 378 g/mol. The number of furan rings is 1. The molecule has 0 radical (unpaired) electrons. The molecular weight excluding hydrogens is 352 g/mol. The van der Waals surface area contributed by atoms with Crippen LogP contribution >= 0.6 is 0 Å². The van der Waals surface area contributed by atoms with E-state index < -0.39 is 0 Å². The lowest BCUT2D eigenvalue weighted by atomic mass is 9.47. The van der Waals surface area contributed by atoms with Crippen molar-refractivity contribution in [2.45, 2.75) is 45.1 Å². The summed E-state index contributed by atoms with van der Waals surface area (Å²) in [5, 5.41) is 3.22. The first-order valence-corrected chi connectivity index (χ1v) is 10.2. The van der Waals surface area contributed by atoms with Gasteiger partial charge in [0.25, 0.3) is 5.91 Å². The summed E-state index contributed by atoms with van der Waals surface area (Å²) in [6.45, 7) is 2.04. The van der Waals surface area contributed by atoms with E-state index in [0.717, 1.165) is 37.7 Å². The number of primary amides is 1. The number of nitrogens with two attached hydrogens (primary N) is 1. The number of hydrogen-bond acceptors (Lipinski definition) is 3. The lowest BCUT2D eigenvalue weighted by Gasteiger charge is -2.58. The van der Waals surface area contributed by atoms with E-state index in [-0.39, 0.29) is 23.3 Å². The summed E-state index contributed by atoms with van der Waals surface area (Å²) in [6, 6.07) is 11.8. The maximum atomic E-state index is 12.9. The van der Waals surface area contributed by atoms with Gasteiger partial charge in [-0.05, 0) is 68.9 Å². The number of nitrogens with one attached hydrogen (secondary N) is 1. The van der Waals surface area contributed by atoms with Crippen molar-refractivity contribution < 1.29 is 14.0 Å². The first kappa shape index (κ1) is 17.5. The molecule has 6 rings (SSSR count). The Morgan fingerprint density at radius 3 is 2.36 bits per heavy atom. The van der Waals surface area contributed by atoms with Crippen LogP contribution in [0.15, 0.2) is 40.8 Å². The van der Waals surface area contributed by atoms with Crippen molar-refractivity contribution in [3.05, 3.63) is 47.7 Å². The molecule has 0 saturated heterocycles. The van der Waals surface area contributed by atoms with Gasteiger partial charge in [-0.25, -0.2) is 0 Å². The summed E-state index contributed by atoms with van der Waals surface area (Å²) in [7, 11) is 0. The highest BCUT2D eigenvalue weighted by Crippen LogP contribution is 2.59. The third-order valence-corrected chi connectivity index (χ3v) is 7.26. The molecule has 1 aromatic carbocycles. The number of aryl methyl sites for hydroxylation is 1. The highest BCUT2D eigenvalue weighted by molar-refractivity contribution is 5.92. The average molecular weight is 378 g/mol. The van der Waals surface area contributed by atoms with Crippen LogP contribution in [0.4, 0.5) is 0 Å². The largest absolute Gasteiger partial charge is 0.451 e. The van der Waals surface area contributed by atoms with Crippen molar-refractivity contribution in [3.8, 4) is 11.3 Å². The Kier molecular flexibility index (Phi) is 3.90. The van der Waals surface area contributed by atoms with Gasteiger partial charge >= 0.3 is 0 Å². The Balaban J connectivity index is 1.32. The molecule has 4 aliphatic carbocycles. The van der Waals surface area contributed by atoms with Crippen molar-refractivity contribution in [1.82, 2.24) is 5.32 Å². The van der Waals surface area contributed by atoms with Crippen LogP contribution in [0.1, 0.15) is 48.2 Å². The zero-order valence-electron chi connectivity index (χ0n) is 16.1. The number of benzene rings is 1. The summed E-state index contributed by atoms with van der Waals surface area (Å²) >= 11 is 0. The van der Waals surface area contributed by atoms with Gasteiger partial charge in [-0.1, -0.05) is 29.8 Å². The molecule has 4 fully saturated rings. The molecule has 2 atom stereocenters. The molecule has 2 amide bonds. The van der Waals surface area contributed by atoms with Gasteiger partial charge < -0.3 is 15.5 Å². The molecule has 1 heterocycles. The molecule has 4 aliphatic rings. The highest BCUT2D eigenvalue weighted by atomic mass is 16.3. The topological polar surface area (TPSA) is 85.3 Å². The van der Waals surface area contributed by atoms with Crippen molar-refractivity contribution >= 4 is 11.8 Å². The summed E-state index contributed by atoms with van der Waals surface area (Å²) in [6.07, 6.45) is 4.74. The van der Waals surface area contributed by atoms with E-state index >= 15 is 0 Å².